The summed E-state index contributed by atoms with van der Waals surface area (Å²) in [6, 6.07) is 41.8. The van der Waals surface area contributed by atoms with Gasteiger partial charge in [-0.25, -0.2) is 8.42 Å². The van der Waals surface area contributed by atoms with Crippen molar-refractivity contribution in [1.82, 2.24) is 24.1 Å². The molecule has 346 valence electrons. The molecule has 5 aromatic heterocycles. The van der Waals surface area contributed by atoms with Crippen molar-refractivity contribution in [1.29, 1.82) is 0 Å². The quantitative estimate of drug-likeness (QED) is 0.0720. The van der Waals surface area contributed by atoms with Crippen molar-refractivity contribution in [2.45, 2.75) is 69.5 Å². The van der Waals surface area contributed by atoms with Crippen LogP contribution in [-0.2, 0) is 55.1 Å². The van der Waals surface area contributed by atoms with Crippen molar-refractivity contribution in [2.24, 2.45) is 0 Å². The first-order valence-electron chi connectivity index (χ1n) is 21.7. The average Bonchev–Trinajstić information content (AvgIpc) is 3.88. The Labute approximate surface area is 395 Å². The fraction of sp³-hybridized carbons (Fsp3) is 0.167. The van der Waals surface area contributed by atoms with E-state index < -0.39 is 15.8 Å². The van der Waals surface area contributed by atoms with Crippen LogP contribution < -0.4 is 0 Å². The Balaban J connectivity index is 0.000000184. The van der Waals surface area contributed by atoms with Crippen LogP contribution in [0.25, 0.3) is 22.5 Å². The molecule has 68 heavy (non-hydrogen) atoms. The molecule has 13 nitrogen and oxygen atoms in total. The molecule has 1 N–H and O–H groups in total. The maximum atomic E-state index is 13.3. The van der Waals surface area contributed by atoms with Crippen LogP contribution in [0.2, 0.25) is 0 Å². The number of carbonyl (C=O) groups excluding carboxylic acids is 3. The predicted molar refractivity (Wildman–Crippen MR) is 258 cm³/mol. The number of rotatable bonds is 16. The van der Waals surface area contributed by atoms with Crippen LogP contribution >= 0.6 is 0 Å². The Morgan fingerprint density at radius 1 is 0.618 bits per heavy atom. The van der Waals surface area contributed by atoms with Gasteiger partial charge in [-0.05, 0) is 110 Å². The fourth-order valence-electron chi connectivity index (χ4n) is 7.24. The largest absolute Gasteiger partial charge is 0.480 e. The summed E-state index contributed by atoms with van der Waals surface area (Å²) in [5, 5.41) is 9.42. The molecule has 0 aliphatic heterocycles. The molecule has 8 rings (SSSR count). The van der Waals surface area contributed by atoms with Gasteiger partial charge in [0.2, 0.25) is 9.84 Å². The first kappa shape index (κ1) is 49.3. The molecule has 0 saturated heterocycles. The number of esters is 1. The van der Waals surface area contributed by atoms with Crippen LogP contribution in [0.5, 0.6) is 0 Å². The van der Waals surface area contributed by atoms with Crippen LogP contribution in [0.4, 0.5) is 0 Å². The number of carboxylic acid groups (broad SMARTS) is 1. The average molecular weight is 930 g/mol. The molecule has 0 radical (unpaired) electrons. The number of hydrogen-bond donors (Lipinski definition) is 1. The van der Waals surface area contributed by atoms with E-state index in [4.69, 9.17) is 4.74 Å². The number of nitrogens with zero attached hydrogens (tertiary/aromatic N) is 5. The second-order valence-corrected chi connectivity index (χ2v) is 17.6. The number of sulfone groups is 1. The highest BCUT2D eigenvalue weighted by Crippen LogP contribution is 2.31. The third kappa shape index (κ3) is 13.5. The normalized spacial score (nSPS) is 10.8. The summed E-state index contributed by atoms with van der Waals surface area (Å²) in [6.45, 7) is 5.60. The van der Waals surface area contributed by atoms with Crippen LogP contribution in [-0.4, -0.2) is 61.1 Å². The summed E-state index contributed by atoms with van der Waals surface area (Å²) < 4.78 is 35.6. The smallest absolute Gasteiger partial charge is 0.326 e. The third-order valence-electron chi connectivity index (χ3n) is 10.8. The van der Waals surface area contributed by atoms with Crippen molar-refractivity contribution in [3.8, 4) is 22.5 Å². The molecule has 0 amide bonds. The van der Waals surface area contributed by atoms with Gasteiger partial charge in [0.05, 0.1) is 21.2 Å². The van der Waals surface area contributed by atoms with Gasteiger partial charge < -0.3 is 23.8 Å². The second-order valence-electron chi connectivity index (χ2n) is 15.7. The summed E-state index contributed by atoms with van der Waals surface area (Å²) in [7, 11) is -3.69. The number of hydrogen-bond acceptors (Lipinski definition) is 10. The topological polar surface area (TPSA) is 180 Å². The molecule has 0 saturated carbocycles. The molecule has 14 heteroatoms. The number of aryl methyl sites for hydroxylation is 1. The second kappa shape index (κ2) is 23.9. The molecular weight excluding hydrogens is 879 g/mol. The molecule has 8 aromatic rings. The molecule has 0 unspecified atom stereocenters. The van der Waals surface area contributed by atoms with E-state index in [1.54, 1.807) is 102 Å². The van der Waals surface area contributed by atoms with Crippen LogP contribution in [0.1, 0.15) is 58.2 Å². The van der Waals surface area contributed by atoms with E-state index in [0.29, 0.717) is 30.6 Å². The zero-order valence-corrected chi connectivity index (χ0v) is 38.8. The molecule has 0 atom stereocenters. The fourth-order valence-corrected chi connectivity index (χ4v) is 8.75. The van der Waals surface area contributed by atoms with Crippen molar-refractivity contribution in [2.75, 3.05) is 0 Å². The number of aromatic nitrogens is 5. The number of aliphatic carboxylic acids is 1. The summed E-state index contributed by atoms with van der Waals surface area (Å²) in [5.41, 5.74) is 8.35. The number of ketones is 2. The Kier molecular flexibility index (Phi) is 17.3. The lowest BCUT2D eigenvalue weighted by atomic mass is 10.0. The van der Waals surface area contributed by atoms with Gasteiger partial charge in [0.25, 0.3) is 0 Å². The van der Waals surface area contributed by atoms with Gasteiger partial charge in [-0.2, -0.15) is 0 Å². The highest BCUT2D eigenvalue weighted by atomic mass is 32.2. The number of carboxylic acids is 1. The number of Topliss-reactive ketones (excluding diaryl/α,β-unsaturated/α-hetero) is 2. The highest BCUT2D eigenvalue weighted by molar-refractivity contribution is 7.91. The molecule has 3 aromatic carbocycles. The summed E-state index contributed by atoms with van der Waals surface area (Å²) in [6.07, 6.45) is 10.9. The SMILES string of the molecule is CC(=O)CCC(=O)c1cccnc1.Cc1c(Cc2ccccc2S(=O)(=O)c2ccccc2)cc(-c2cccnc2)n1CC(=O)O.Cc1ccc(-c2cccnc2)n1CC(=O)OCc1ccccc1. The third-order valence-corrected chi connectivity index (χ3v) is 12.7. The minimum atomic E-state index is -3.69. The van der Waals surface area contributed by atoms with E-state index in [2.05, 4.69) is 15.0 Å². The number of carbonyl (C=O) groups is 4. The Hall–Kier alpha value is -8.10. The minimum absolute atomic E-state index is 0.0247. The maximum absolute atomic E-state index is 13.3. The van der Waals surface area contributed by atoms with E-state index in [0.717, 1.165) is 45.0 Å². The Bertz CT molecular complexity index is 3050. The van der Waals surface area contributed by atoms with Gasteiger partial charge in [0.1, 0.15) is 25.5 Å². The number of pyridine rings is 3. The van der Waals surface area contributed by atoms with Gasteiger partial charge in [-0.1, -0.05) is 66.7 Å². The molecule has 0 fully saturated rings. The lowest BCUT2D eigenvalue weighted by Crippen LogP contribution is -2.15. The summed E-state index contributed by atoms with van der Waals surface area (Å²) >= 11 is 0. The minimum Gasteiger partial charge on any atom is -0.480 e. The Morgan fingerprint density at radius 2 is 1.22 bits per heavy atom. The first-order chi connectivity index (χ1) is 32.8. The monoisotopic (exact) mass is 929 g/mol. The molecule has 5 heterocycles. The van der Waals surface area contributed by atoms with Crippen molar-refractivity contribution in [3.63, 3.8) is 0 Å². The van der Waals surface area contributed by atoms with E-state index >= 15 is 0 Å². The summed E-state index contributed by atoms with van der Waals surface area (Å²) in [5.74, 6) is -1.19. The van der Waals surface area contributed by atoms with E-state index in [1.807, 2.05) is 91.2 Å². The summed E-state index contributed by atoms with van der Waals surface area (Å²) in [4.78, 5) is 58.2. The Morgan fingerprint density at radius 3 is 1.82 bits per heavy atom. The molecule has 0 spiro atoms. The van der Waals surface area contributed by atoms with E-state index in [-0.39, 0.29) is 46.8 Å². The zero-order chi connectivity index (χ0) is 48.5. The van der Waals surface area contributed by atoms with Crippen molar-refractivity contribution < 1.29 is 37.4 Å². The first-order valence-corrected chi connectivity index (χ1v) is 23.2. The van der Waals surface area contributed by atoms with Crippen LogP contribution in [0, 0.1) is 13.8 Å². The predicted octanol–water partition coefficient (Wildman–Crippen LogP) is 9.60. The van der Waals surface area contributed by atoms with Gasteiger partial charge in [-0.15, -0.1) is 0 Å². The maximum Gasteiger partial charge on any atom is 0.326 e. The lowest BCUT2D eigenvalue weighted by Gasteiger charge is -2.12. The van der Waals surface area contributed by atoms with Crippen LogP contribution in [0.3, 0.4) is 0 Å². The highest BCUT2D eigenvalue weighted by Gasteiger charge is 2.23. The standard InChI is InChI=1S/C25H22N2O4S.C19H18N2O2.C10H11NO2/c1-18-21(15-23(27(18)17-25(28)29)20-9-7-13-26-16-20)14-19-8-5-6-12-24(19)32(30,31)22-10-3-2-4-11-22;1-15-9-10-18(17-8-5-11-20-12-17)21(15)13-19(22)23-14-16-6-3-2-4-7-16;1-8(12)4-5-10(13)9-3-2-6-11-7-9/h2-13,15-16H,14,17H2,1H3,(H,28,29);2-12H,13-14H2,1H3;2-3,6-7H,4-5H2,1H3. The molecule has 0 bridgehead atoms. The van der Waals surface area contributed by atoms with E-state index in [9.17, 15) is 32.7 Å². The lowest BCUT2D eigenvalue weighted by molar-refractivity contribution is -0.145. The number of benzene rings is 3. The van der Waals surface area contributed by atoms with Gasteiger partial charge >= 0.3 is 11.9 Å². The van der Waals surface area contributed by atoms with Crippen molar-refractivity contribution in [3.05, 3.63) is 210 Å². The number of ether oxygens (including phenoxy) is 1. The van der Waals surface area contributed by atoms with Gasteiger partial charge in [0.15, 0.2) is 5.78 Å². The van der Waals surface area contributed by atoms with Gasteiger partial charge in [0, 0.05) is 84.5 Å². The molecule has 0 aliphatic rings. The van der Waals surface area contributed by atoms with Gasteiger partial charge in [-0.3, -0.25) is 29.3 Å². The van der Waals surface area contributed by atoms with Crippen LogP contribution in [0.15, 0.2) is 186 Å². The molecular formula is C54H51N5O8S. The van der Waals surface area contributed by atoms with Crippen molar-refractivity contribution >= 4 is 33.3 Å². The zero-order valence-electron chi connectivity index (χ0n) is 37.9. The van der Waals surface area contributed by atoms with E-state index in [1.165, 1.54) is 13.1 Å². The molecule has 0 aliphatic carbocycles.